The molecule has 0 aromatic heterocycles. The maximum Gasteiger partial charge on any atom is 0.323 e. The summed E-state index contributed by atoms with van der Waals surface area (Å²) in [5, 5.41) is 3.22. The van der Waals surface area contributed by atoms with Gasteiger partial charge in [0.2, 0.25) is 0 Å². The maximum atomic E-state index is 14.1. The van der Waals surface area contributed by atoms with Crippen LogP contribution in [0.25, 0.3) is 0 Å². The minimum absolute atomic E-state index is 0.129. The highest BCUT2D eigenvalue weighted by Crippen LogP contribution is 2.50. The summed E-state index contributed by atoms with van der Waals surface area (Å²) < 4.78 is 0. The van der Waals surface area contributed by atoms with E-state index in [1.54, 1.807) is 0 Å². The number of hydrogen-bond donors (Lipinski definition) is 1. The second-order valence-corrected chi connectivity index (χ2v) is 10.7. The van der Waals surface area contributed by atoms with Crippen LogP contribution < -0.4 is 20.0 Å². The van der Waals surface area contributed by atoms with Crippen molar-refractivity contribution in [3.63, 3.8) is 0 Å². The molecule has 0 aliphatic carbocycles. The fourth-order valence-electron chi connectivity index (χ4n) is 5.46. The zero-order valence-corrected chi connectivity index (χ0v) is 23.6. The van der Waals surface area contributed by atoms with Gasteiger partial charge in [-0.05, 0) is 53.1 Å². The van der Waals surface area contributed by atoms with Gasteiger partial charge in [0.05, 0.1) is 5.69 Å². The predicted molar refractivity (Wildman–Crippen MR) is 163 cm³/mol. The van der Waals surface area contributed by atoms with E-state index in [0.29, 0.717) is 6.54 Å². The van der Waals surface area contributed by atoms with Crippen molar-refractivity contribution in [1.29, 1.82) is 0 Å². The second-order valence-electron chi connectivity index (χ2n) is 10.7. The lowest BCUT2D eigenvalue weighted by molar-refractivity contribution is 0.159. The number of nitrogens with one attached hydrogen (secondary N) is 1. The van der Waals surface area contributed by atoms with Crippen molar-refractivity contribution in [1.82, 2.24) is 4.90 Å². The van der Waals surface area contributed by atoms with Crippen LogP contribution in [0.2, 0.25) is 0 Å². The monoisotopic (exact) mass is 519 g/mol. The maximum absolute atomic E-state index is 14.1. The number of benzene rings is 4. The Kier molecular flexibility index (Phi) is 6.96. The van der Waals surface area contributed by atoms with Gasteiger partial charge in [0.15, 0.2) is 0 Å². The normalized spacial score (nSPS) is 13.9. The quantitative estimate of drug-likeness (QED) is 0.315. The number of rotatable bonds is 7. The van der Waals surface area contributed by atoms with Crippen LogP contribution in [0.15, 0.2) is 97.1 Å². The zero-order valence-electron chi connectivity index (χ0n) is 23.6. The molecule has 0 bridgehead atoms. The topological polar surface area (TPSA) is 42.1 Å². The molecule has 6 nitrogen and oxygen atoms in total. The second kappa shape index (κ2) is 10.4. The van der Waals surface area contributed by atoms with E-state index < -0.39 is 5.54 Å². The van der Waals surface area contributed by atoms with Crippen molar-refractivity contribution < 1.29 is 4.79 Å². The number of nitrogens with zero attached hydrogens (tertiary/aromatic N) is 4. The van der Waals surface area contributed by atoms with Crippen LogP contribution in [0, 0.1) is 0 Å². The van der Waals surface area contributed by atoms with Crippen molar-refractivity contribution in [2.75, 3.05) is 62.3 Å². The van der Waals surface area contributed by atoms with E-state index >= 15 is 0 Å². The lowest BCUT2D eigenvalue weighted by Gasteiger charge is -2.49. The first-order chi connectivity index (χ1) is 18.7. The van der Waals surface area contributed by atoms with Gasteiger partial charge >= 0.3 is 6.03 Å². The van der Waals surface area contributed by atoms with E-state index in [2.05, 4.69) is 98.9 Å². The van der Waals surface area contributed by atoms with E-state index in [0.717, 1.165) is 45.0 Å². The molecule has 4 aromatic rings. The molecule has 5 rings (SSSR count). The lowest BCUT2D eigenvalue weighted by atomic mass is 9.73. The van der Waals surface area contributed by atoms with Gasteiger partial charge in [-0.15, -0.1) is 0 Å². The van der Waals surface area contributed by atoms with Gasteiger partial charge in [0, 0.05) is 71.5 Å². The third-order valence-electron chi connectivity index (χ3n) is 7.59. The van der Waals surface area contributed by atoms with Gasteiger partial charge in [-0.2, -0.15) is 0 Å². The zero-order chi connectivity index (χ0) is 27.7. The molecule has 1 aliphatic heterocycles. The summed E-state index contributed by atoms with van der Waals surface area (Å²) in [7, 11) is 12.2. The highest BCUT2D eigenvalue weighted by atomic mass is 16.2. The molecule has 1 N–H and O–H groups in total. The van der Waals surface area contributed by atoms with Crippen LogP contribution in [0.1, 0.15) is 22.3 Å². The summed E-state index contributed by atoms with van der Waals surface area (Å²) in [6, 6.07) is 33.6. The van der Waals surface area contributed by atoms with E-state index in [1.165, 1.54) is 0 Å². The molecule has 0 saturated carbocycles. The minimum Gasteiger partial charge on any atom is -0.378 e. The molecule has 0 radical (unpaired) electrons. The van der Waals surface area contributed by atoms with Gasteiger partial charge in [-0.3, -0.25) is 0 Å². The van der Waals surface area contributed by atoms with E-state index in [-0.39, 0.29) is 6.03 Å². The minimum atomic E-state index is -0.853. The molecule has 0 saturated heterocycles. The SMILES string of the molecule is CN(C)c1ccc(C2(c3ccc(N(C)C)cc3)c3ccc(N(C)C)cc3NC(=O)N2Cc2ccccc2)cc1. The van der Waals surface area contributed by atoms with Crippen molar-refractivity contribution in [2.24, 2.45) is 0 Å². The first-order valence-corrected chi connectivity index (χ1v) is 13.2. The summed E-state index contributed by atoms with van der Waals surface area (Å²) in [6.07, 6.45) is 0. The molecule has 0 spiro atoms. The molecule has 1 aliphatic rings. The van der Waals surface area contributed by atoms with Crippen LogP contribution in [-0.2, 0) is 12.1 Å². The van der Waals surface area contributed by atoms with Crippen LogP contribution in [0.4, 0.5) is 27.5 Å². The van der Waals surface area contributed by atoms with Crippen molar-refractivity contribution in [3.05, 3.63) is 119 Å². The summed E-state index contributed by atoms with van der Waals surface area (Å²) in [5.74, 6) is 0. The van der Waals surface area contributed by atoms with Crippen LogP contribution in [0.5, 0.6) is 0 Å². The van der Waals surface area contributed by atoms with E-state index in [1.807, 2.05) is 65.4 Å². The third kappa shape index (κ3) is 4.67. The number of fused-ring (bicyclic) bond motifs is 1. The Hall–Kier alpha value is -4.45. The van der Waals surface area contributed by atoms with Gasteiger partial charge in [-0.1, -0.05) is 60.7 Å². The number of anilines is 4. The molecule has 4 aromatic carbocycles. The Morgan fingerprint density at radius 2 is 1.13 bits per heavy atom. The van der Waals surface area contributed by atoms with Crippen molar-refractivity contribution in [2.45, 2.75) is 12.1 Å². The van der Waals surface area contributed by atoms with Gasteiger partial charge in [0.25, 0.3) is 0 Å². The Bertz CT molecular complexity index is 1390. The Labute approximate surface area is 232 Å². The fraction of sp³-hybridized carbons (Fsp3) is 0.242. The van der Waals surface area contributed by atoms with Gasteiger partial charge < -0.3 is 24.9 Å². The van der Waals surface area contributed by atoms with Crippen molar-refractivity contribution in [3.8, 4) is 0 Å². The molecule has 39 heavy (non-hydrogen) atoms. The highest BCUT2D eigenvalue weighted by Gasteiger charge is 2.49. The predicted octanol–water partition coefficient (Wildman–Crippen LogP) is 6.22. The lowest BCUT2D eigenvalue weighted by Crippen LogP contribution is -2.55. The molecular formula is C33H37N5O. The summed E-state index contributed by atoms with van der Waals surface area (Å²) in [4.78, 5) is 22.4. The van der Waals surface area contributed by atoms with Crippen LogP contribution >= 0.6 is 0 Å². The Morgan fingerprint density at radius 1 is 0.641 bits per heavy atom. The molecule has 1 heterocycles. The summed E-state index contributed by atoms with van der Waals surface area (Å²) >= 11 is 0. The molecule has 0 fully saturated rings. The first kappa shape index (κ1) is 26.2. The summed E-state index contributed by atoms with van der Waals surface area (Å²) in [6.45, 7) is 0.451. The summed E-state index contributed by atoms with van der Waals surface area (Å²) in [5.41, 5.74) is 7.40. The highest BCUT2D eigenvalue weighted by molar-refractivity contribution is 5.96. The van der Waals surface area contributed by atoms with Crippen LogP contribution in [-0.4, -0.2) is 53.2 Å². The molecular weight excluding hydrogens is 482 g/mol. The molecule has 200 valence electrons. The number of carbonyl (C=O) groups is 1. The largest absolute Gasteiger partial charge is 0.378 e. The van der Waals surface area contributed by atoms with Gasteiger partial charge in [-0.25, -0.2) is 4.79 Å². The van der Waals surface area contributed by atoms with Crippen LogP contribution in [0.3, 0.4) is 0 Å². The third-order valence-corrected chi connectivity index (χ3v) is 7.59. The average Bonchev–Trinajstić information content (AvgIpc) is 2.94. The van der Waals surface area contributed by atoms with Crippen molar-refractivity contribution >= 4 is 28.8 Å². The first-order valence-electron chi connectivity index (χ1n) is 13.2. The molecule has 0 atom stereocenters. The fourth-order valence-corrected chi connectivity index (χ4v) is 5.46. The molecule has 2 amide bonds. The number of hydrogen-bond acceptors (Lipinski definition) is 4. The number of urea groups is 1. The van der Waals surface area contributed by atoms with E-state index in [4.69, 9.17) is 0 Å². The standard InChI is InChI=1S/C33H37N5O/c1-35(2)27-16-12-25(13-17-27)33(26-14-18-28(19-15-26)36(3)4)30-21-20-29(37(5)6)22-31(30)34-32(39)38(33)23-24-10-8-7-9-11-24/h7-22H,23H2,1-6H3,(H,34,39). The van der Waals surface area contributed by atoms with Gasteiger partial charge in [0.1, 0.15) is 5.54 Å². The molecule has 0 unspecified atom stereocenters. The average molecular weight is 520 g/mol. The molecule has 6 heteroatoms. The number of amides is 2. The van der Waals surface area contributed by atoms with E-state index in [9.17, 15) is 4.79 Å². The number of carbonyl (C=O) groups excluding carboxylic acids is 1. The Balaban J connectivity index is 1.83. The smallest absolute Gasteiger partial charge is 0.323 e. The Morgan fingerprint density at radius 3 is 1.62 bits per heavy atom.